The van der Waals surface area contributed by atoms with Gasteiger partial charge in [-0.2, -0.15) is 13.2 Å². The second-order valence-electron chi connectivity index (χ2n) is 3.95. The molecule has 102 valence electrons. The molecule has 3 nitrogen and oxygen atoms in total. The number of hydrogen-bond acceptors (Lipinski definition) is 3. The van der Waals surface area contributed by atoms with Crippen molar-refractivity contribution in [1.82, 2.24) is 4.98 Å². The van der Waals surface area contributed by atoms with Crippen LogP contribution in [-0.2, 0) is 0 Å². The van der Waals surface area contributed by atoms with E-state index in [0.29, 0.717) is 6.04 Å². The van der Waals surface area contributed by atoms with Crippen LogP contribution in [0.25, 0.3) is 0 Å². The normalized spacial score (nSPS) is 11.7. The molecule has 1 aromatic heterocycles. The summed E-state index contributed by atoms with van der Waals surface area (Å²) in [6.45, 7) is 2.81. The van der Waals surface area contributed by atoms with Crippen LogP contribution in [0.3, 0.4) is 0 Å². The third-order valence-electron chi connectivity index (χ3n) is 2.48. The van der Waals surface area contributed by atoms with Crippen LogP contribution in [0.4, 0.5) is 18.9 Å². The largest absolute Gasteiger partial charge is 0.468 e. The number of anilines is 1. The summed E-state index contributed by atoms with van der Waals surface area (Å²) in [5, 5.41) is 3.24. The molecule has 0 aliphatic rings. The summed E-state index contributed by atoms with van der Waals surface area (Å²) in [7, 11) is 0. The highest BCUT2D eigenvalue weighted by Crippen LogP contribution is 2.18. The Labute approximate surface area is 104 Å². The lowest BCUT2D eigenvalue weighted by atomic mass is 10.1. The molecule has 0 saturated carbocycles. The first kappa shape index (κ1) is 14.6. The van der Waals surface area contributed by atoms with E-state index in [4.69, 9.17) is 0 Å². The highest BCUT2D eigenvalue weighted by Gasteiger charge is 2.28. The number of nitrogens with one attached hydrogen (secondary N) is 1. The van der Waals surface area contributed by atoms with Crippen LogP contribution in [0.1, 0.15) is 26.7 Å². The zero-order valence-corrected chi connectivity index (χ0v) is 10.4. The topological polar surface area (TPSA) is 34.1 Å². The Morgan fingerprint density at radius 2 is 1.94 bits per heavy atom. The molecule has 1 N–H and O–H groups in total. The molecule has 0 aromatic carbocycles. The molecule has 0 unspecified atom stereocenters. The van der Waals surface area contributed by atoms with E-state index in [1.807, 2.05) is 0 Å². The molecule has 0 radical (unpaired) electrons. The Kier molecular flexibility index (Phi) is 5.25. The quantitative estimate of drug-likeness (QED) is 0.850. The van der Waals surface area contributed by atoms with Gasteiger partial charge in [-0.25, -0.2) is 4.98 Å². The number of rotatable bonds is 6. The van der Waals surface area contributed by atoms with E-state index in [2.05, 4.69) is 28.9 Å². The van der Waals surface area contributed by atoms with Crippen LogP contribution in [-0.4, -0.2) is 23.8 Å². The number of ether oxygens (including phenoxy) is 1. The standard InChI is InChI=1S/C12H17F3N2O/c1-3-9(4-2)17-10-5-6-11(16-7-10)18-8-12(13,14)15/h5-7,9,17H,3-4,8H2,1-2H3. The minimum absolute atomic E-state index is 0.0255. The molecule has 6 heteroatoms. The third-order valence-corrected chi connectivity index (χ3v) is 2.48. The van der Waals surface area contributed by atoms with Gasteiger partial charge in [0.2, 0.25) is 5.88 Å². The zero-order valence-electron chi connectivity index (χ0n) is 10.4. The fraction of sp³-hybridized carbons (Fsp3) is 0.583. The van der Waals surface area contributed by atoms with Gasteiger partial charge in [-0.05, 0) is 18.9 Å². The Morgan fingerprint density at radius 1 is 1.28 bits per heavy atom. The minimum Gasteiger partial charge on any atom is -0.468 e. The van der Waals surface area contributed by atoms with Gasteiger partial charge in [0.25, 0.3) is 0 Å². The molecule has 0 aliphatic carbocycles. The Morgan fingerprint density at radius 3 is 2.39 bits per heavy atom. The number of nitrogens with zero attached hydrogens (tertiary/aromatic N) is 1. The van der Waals surface area contributed by atoms with Crippen LogP contribution >= 0.6 is 0 Å². The van der Waals surface area contributed by atoms with Crippen molar-refractivity contribution in [3.63, 3.8) is 0 Å². The van der Waals surface area contributed by atoms with Crippen LogP contribution < -0.4 is 10.1 Å². The van der Waals surface area contributed by atoms with Gasteiger partial charge < -0.3 is 10.1 Å². The van der Waals surface area contributed by atoms with Crippen LogP contribution in [0.5, 0.6) is 5.88 Å². The van der Waals surface area contributed by atoms with Crippen molar-refractivity contribution in [2.24, 2.45) is 0 Å². The molecular weight excluding hydrogens is 245 g/mol. The maximum absolute atomic E-state index is 11.9. The molecule has 0 spiro atoms. The molecule has 0 fully saturated rings. The van der Waals surface area contributed by atoms with E-state index >= 15 is 0 Å². The van der Waals surface area contributed by atoms with E-state index in [1.54, 1.807) is 6.07 Å². The van der Waals surface area contributed by atoms with Gasteiger partial charge in [0.05, 0.1) is 11.9 Å². The highest BCUT2D eigenvalue weighted by molar-refractivity contribution is 5.42. The second kappa shape index (κ2) is 6.47. The van der Waals surface area contributed by atoms with Crippen molar-refractivity contribution in [1.29, 1.82) is 0 Å². The van der Waals surface area contributed by atoms with Crippen molar-refractivity contribution in [3.05, 3.63) is 18.3 Å². The fourth-order valence-electron chi connectivity index (χ4n) is 1.44. The molecule has 0 atom stereocenters. The highest BCUT2D eigenvalue weighted by atomic mass is 19.4. The smallest absolute Gasteiger partial charge is 0.422 e. The van der Waals surface area contributed by atoms with Crippen molar-refractivity contribution in [2.45, 2.75) is 38.9 Å². The van der Waals surface area contributed by atoms with Crippen molar-refractivity contribution >= 4 is 5.69 Å². The van der Waals surface area contributed by atoms with Gasteiger partial charge in [-0.15, -0.1) is 0 Å². The Hall–Kier alpha value is -1.46. The van der Waals surface area contributed by atoms with Crippen molar-refractivity contribution < 1.29 is 17.9 Å². The molecule has 1 rings (SSSR count). The van der Waals surface area contributed by atoms with E-state index in [9.17, 15) is 13.2 Å². The molecule has 18 heavy (non-hydrogen) atoms. The lowest BCUT2D eigenvalue weighted by molar-refractivity contribution is -0.154. The van der Waals surface area contributed by atoms with Crippen LogP contribution in [0, 0.1) is 0 Å². The maximum atomic E-state index is 11.9. The average Bonchev–Trinajstić information content (AvgIpc) is 2.34. The number of alkyl halides is 3. The van der Waals surface area contributed by atoms with Crippen molar-refractivity contribution in [2.75, 3.05) is 11.9 Å². The predicted molar refractivity (Wildman–Crippen MR) is 63.8 cm³/mol. The molecule has 1 heterocycles. The van der Waals surface area contributed by atoms with Crippen LogP contribution in [0.15, 0.2) is 18.3 Å². The number of pyridine rings is 1. The van der Waals surface area contributed by atoms with E-state index in [1.165, 1.54) is 12.3 Å². The van der Waals surface area contributed by atoms with Crippen LogP contribution in [0.2, 0.25) is 0 Å². The summed E-state index contributed by atoms with van der Waals surface area (Å²) in [6, 6.07) is 3.43. The molecule has 0 aliphatic heterocycles. The fourth-order valence-corrected chi connectivity index (χ4v) is 1.44. The molecule has 0 amide bonds. The first-order valence-corrected chi connectivity index (χ1v) is 5.86. The Bertz CT molecular complexity index is 347. The van der Waals surface area contributed by atoms with Gasteiger partial charge in [-0.1, -0.05) is 13.8 Å². The van der Waals surface area contributed by atoms with E-state index in [0.717, 1.165) is 18.5 Å². The first-order chi connectivity index (χ1) is 8.44. The monoisotopic (exact) mass is 262 g/mol. The second-order valence-corrected chi connectivity index (χ2v) is 3.95. The lowest BCUT2D eigenvalue weighted by Crippen LogP contribution is -2.20. The zero-order chi connectivity index (χ0) is 13.6. The van der Waals surface area contributed by atoms with Gasteiger partial charge in [0.15, 0.2) is 6.61 Å². The third kappa shape index (κ3) is 5.25. The molecular formula is C12H17F3N2O. The minimum atomic E-state index is -4.34. The molecule has 1 aromatic rings. The predicted octanol–water partition coefficient (Wildman–Crippen LogP) is 3.62. The summed E-state index contributed by atoms with van der Waals surface area (Å²) < 4.78 is 40.3. The summed E-state index contributed by atoms with van der Waals surface area (Å²) in [5.74, 6) is -0.0255. The maximum Gasteiger partial charge on any atom is 0.422 e. The number of aromatic nitrogens is 1. The molecule has 0 saturated heterocycles. The lowest BCUT2D eigenvalue weighted by Gasteiger charge is -2.16. The van der Waals surface area contributed by atoms with E-state index in [-0.39, 0.29) is 5.88 Å². The number of hydrogen-bond donors (Lipinski definition) is 1. The first-order valence-electron chi connectivity index (χ1n) is 5.86. The summed E-state index contributed by atoms with van der Waals surface area (Å²) in [5.41, 5.74) is 0.781. The van der Waals surface area contributed by atoms with E-state index < -0.39 is 12.8 Å². The number of halogens is 3. The summed E-state index contributed by atoms with van der Waals surface area (Å²) in [6.07, 6.45) is -0.913. The SMILES string of the molecule is CCC(CC)Nc1ccc(OCC(F)(F)F)nc1. The van der Waals surface area contributed by atoms with Gasteiger partial charge in [0, 0.05) is 12.1 Å². The summed E-state index contributed by atoms with van der Waals surface area (Å²) >= 11 is 0. The Balaban J connectivity index is 2.52. The summed E-state index contributed by atoms with van der Waals surface area (Å²) in [4.78, 5) is 3.82. The van der Waals surface area contributed by atoms with Gasteiger partial charge >= 0.3 is 6.18 Å². The van der Waals surface area contributed by atoms with Gasteiger partial charge in [-0.3, -0.25) is 0 Å². The molecule has 0 bridgehead atoms. The van der Waals surface area contributed by atoms with Crippen molar-refractivity contribution in [3.8, 4) is 5.88 Å². The van der Waals surface area contributed by atoms with Gasteiger partial charge in [0.1, 0.15) is 0 Å². The average molecular weight is 262 g/mol.